The van der Waals surface area contributed by atoms with Gasteiger partial charge in [-0.15, -0.1) is 0 Å². The Kier molecular flexibility index (Phi) is 3.35. The third-order valence-corrected chi connectivity index (χ3v) is 4.87. The topological polar surface area (TPSA) is 57.8 Å². The van der Waals surface area contributed by atoms with Crippen LogP contribution in [0.4, 0.5) is 5.13 Å². The van der Waals surface area contributed by atoms with E-state index < -0.39 is 0 Å². The second-order valence-electron chi connectivity index (χ2n) is 5.34. The number of nitrogens with one attached hydrogen (secondary N) is 2. The Bertz CT molecular complexity index is 1020. The van der Waals surface area contributed by atoms with E-state index in [1.165, 1.54) is 16.9 Å². The van der Waals surface area contributed by atoms with Gasteiger partial charge in [0.05, 0.1) is 15.8 Å². The second-order valence-corrected chi connectivity index (χ2v) is 6.37. The van der Waals surface area contributed by atoms with Gasteiger partial charge in [0.2, 0.25) is 0 Å². The minimum Gasteiger partial charge on any atom is -0.360 e. The number of nitrogens with zero attached hydrogens (tertiary/aromatic N) is 1. The van der Waals surface area contributed by atoms with Crippen LogP contribution in [0.1, 0.15) is 22.8 Å². The second kappa shape index (κ2) is 5.52. The predicted molar refractivity (Wildman–Crippen MR) is 95.2 cm³/mol. The number of carbonyl (C=O) groups is 1. The Labute approximate surface area is 137 Å². The zero-order chi connectivity index (χ0) is 15.8. The molecule has 5 heteroatoms. The number of aromatic nitrogens is 2. The monoisotopic (exact) mass is 321 g/mol. The minimum absolute atomic E-state index is 0.139. The number of benzene rings is 2. The third-order valence-electron chi connectivity index (χ3n) is 3.94. The highest BCUT2D eigenvalue weighted by molar-refractivity contribution is 7.22. The number of aromatic amines is 1. The van der Waals surface area contributed by atoms with Crippen LogP contribution in [0.25, 0.3) is 21.1 Å². The highest BCUT2D eigenvalue weighted by atomic mass is 32.1. The van der Waals surface area contributed by atoms with Crippen molar-refractivity contribution < 1.29 is 4.79 Å². The highest BCUT2D eigenvalue weighted by Gasteiger charge is 2.14. The van der Waals surface area contributed by atoms with Gasteiger partial charge in [0.1, 0.15) is 0 Å². The lowest BCUT2D eigenvalue weighted by atomic mass is 10.1. The Balaban J connectivity index is 1.69. The van der Waals surface area contributed by atoms with Crippen molar-refractivity contribution in [3.8, 4) is 0 Å². The number of hydrogen-bond donors (Lipinski definition) is 2. The normalized spacial score (nSPS) is 11.2. The zero-order valence-electron chi connectivity index (χ0n) is 12.6. The van der Waals surface area contributed by atoms with E-state index in [1.54, 1.807) is 6.20 Å². The number of aryl methyl sites for hydroxylation is 1. The van der Waals surface area contributed by atoms with Crippen LogP contribution in [-0.4, -0.2) is 15.9 Å². The standard InChI is InChI=1S/C18H15N3OS/c1-2-11-6-5-9-15-16(11)20-18(23-15)21-17(22)13-10-19-14-8-4-3-7-12(13)14/h3-10,19H,2H2,1H3,(H,20,21,22). The number of H-pyrrole nitrogens is 1. The maximum atomic E-state index is 12.6. The summed E-state index contributed by atoms with van der Waals surface area (Å²) in [6.07, 6.45) is 2.67. The fourth-order valence-corrected chi connectivity index (χ4v) is 3.68. The summed E-state index contributed by atoms with van der Waals surface area (Å²) in [5.74, 6) is -0.139. The van der Waals surface area contributed by atoms with E-state index in [4.69, 9.17) is 0 Å². The van der Waals surface area contributed by atoms with Gasteiger partial charge >= 0.3 is 0 Å². The van der Waals surface area contributed by atoms with Gasteiger partial charge in [-0.3, -0.25) is 10.1 Å². The number of hydrogen-bond acceptors (Lipinski definition) is 3. The zero-order valence-corrected chi connectivity index (χ0v) is 13.4. The molecular formula is C18H15N3OS. The fraction of sp³-hybridized carbons (Fsp3) is 0.111. The van der Waals surface area contributed by atoms with Crippen LogP contribution in [-0.2, 0) is 6.42 Å². The van der Waals surface area contributed by atoms with Crippen LogP contribution >= 0.6 is 11.3 Å². The predicted octanol–water partition coefficient (Wildman–Crippen LogP) is 4.59. The van der Waals surface area contributed by atoms with Crippen LogP contribution in [0.2, 0.25) is 0 Å². The largest absolute Gasteiger partial charge is 0.360 e. The summed E-state index contributed by atoms with van der Waals surface area (Å²) in [6.45, 7) is 2.11. The van der Waals surface area contributed by atoms with E-state index in [0.717, 1.165) is 27.5 Å². The van der Waals surface area contributed by atoms with Crippen molar-refractivity contribution in [3.63, 3.8) is 0 Å². The molecule has 4 rings (SSSR count). The Morgan fingerprint density at radius 2 is 2.09 bits per heavy atom. The SMILES string of the molecule is CCc1cccc2sc(NC(=O)c3c[nH]c4ccccc34)nc12. The van der Waals surface area contributed by atoms with Crippen LogP contribution < -0.4 is 5.32 Å². The first-order valence-electron chi connectivity index (χ1n) is 7.52. The Morgan fingerprint density at radius 3 is 2.96 bits per heavy atom. The summed E-state index contributed by atoms with van der Waals surface area (Å²) in [5.41, 5.74) is 3.77. The van der Waals surface area contributed by atoms with Crippen molar-refractivity contribution in [2.24, 2.45) is 0 Å². The maximum absolute atomic E-state index is 12.6. The molecule has 2 heterocycles. The summed E-state index contributed by atoms with van der Waals surface area (Å²) >= 11 is 1.50. The van der Waals surface area contributed by atoms with Crippen molar-refractivity contribution in [1.82, 2.24) is 9.97 Å². The first-order chi connectivity index (χ1) is 11.3. The number of para-hydroxylation sites is 2. The smallest absolute Gasteiger partial charge is 0.259 e. The maximum Gasteiger partial charge on any atom is 0.259 e. The van der Waals surface area contributed by atoms with Crippen molar-refractivity contribution in [1.29, 1.82) is 0 Å². The summed E-state index contributed by atoms with van der Waals surface area (Å²) in [5, 5.41) is 4.48. The molecule has 2 aromatic heterocycles. The molecule has 4 nitrogen and oxygen atoms in total. The van der Waals surface area contributed by atoms with E-state index in [1.807, 2.05) is 36.4 Å². The molecule has 2 aromatic carbocycles. The van der Waals surface area contributed by atoms with Crippen molar-refractivity contribution in [2.45, 2.75) is 13.3 Å². The van der Waals surface area contributed by atoms with Crippen LogP contribution in [0.15, 0.2) is 48.7 Å². The van der Waals surface area contributed by atoms with Gasteiger partial charge < -0.3 is 4.98 Å². The van der Waals surface area contributed by atoms with Gasteiger partial charge in [-0.2, -0.15) is 0 Å². The Morgan fingerprint density at radius 1 is 1.22 bits per heavy atom. The molecule has 0 aliphatic heterocycles. The Hall–Kier alpha value is -2.66. The molecule has 4 aromatic rings. The number of fused-ring (bicyclic) bond motifs is 2. The van der Waals surface area contributed by atoms with Gasteiger partial charge in [0.25, 0.3) is 5.91 Å². The van der Waals surface area contributed by atoms with Crippen molar-refractivity contribution >= 4 is 43.5 Å². The van der Waals surface area contributed by atoms with Gasteiger partial charge in [-0.05, 0) is 24.1 Å². The molecule has 23 heavy (non-hydrogen) atoms. The molecule has 0 radical (unpaired) electrons. The summed E-state index contributed by atoms with van der Waals surface area (Å²) in [6, 6.07) is 13.9. The van der Waals surface area contributed by atoms with E-state index in [2.05, 4.69) is 28.3 Å². The quantitative estimate of drug-likeness (QED) is 0.580. The van der Waals surface area contributed by atoms with Crippen LogP contribution in [0.3, 0.4) is 0 Å². The van der Waals surface area contributed by atoms with E-state index in [-0.39, 0.29) is 5.91 Å². The van der Waals surface area contributed by atoms with E-state index in [9.17, 15) is 4.79 Å². The molecule has 0 bridgehead atoms. The van der Waals surface area contributed by atoms with Crippen LogP contribution in [0, 0.1) is 0 Å². The molecule has 0 saturated carbocycles. The fourth-order valence-electron chi connectivity index (χ4n) is 2.77. The van der Waals surface area contributed by atoms with Crippen LogP contribution in [0.5, 0.6) is 0 Å². The summed E-state index contributed by atoms with van der Waals surface area (Å²) in [7, 11) is 0. The molecule has 0 unspecified atom stereocenters. The lowest BCUT2D eigenvalue weighted by molar-refractivity contribution is 0.102. The molecule has 0 fully saturated rings. The molecule has 0 spiro atoms. The average Bonchev–Trinajstić information content (AvgIpc) is 3.17. The summed E-state index contributed by atoms with van der Waals surface area (Å²) < 4.78 is 1.10. The van der Waals surface area contributed by atoms with Gasteiger partial charge in [-0.25, -0.2) is 4.98 Å². The molecule has 0 aliphatic carbocycles. The van der Waals surface area contributed by atoms with Crippen molar-refractivity contribution in [3.05, 3.63) is 59.8 Å². The molecular weight excluding hydrogens is 306 g/mol. The van der Waals surface area contributed by atoms with Gasteiger partial charge in [0.15, 0.2) is 5.13 Å². The lowest BCUT2D eigenvalue weighted by Gasteiger charge is -1.99. The number of carbonyl (C=O) groups excluding carboxylic acids is 1. The molecule has 0 atom stereocenters. The number of anilines is 1. The third kappa shape index (κ3) is 2.39. The molecule has 0 saturated heterocycles. The van der Waals surface area contributed by atoms with Gasteiger partial charge in [0, 0.05) is 17.1 Å². The molecule has 0 aliphatic rings. The molecule has 1 amide bonds. The molecule has 114 valence electrons. The van der Waals surface area contributed by atoms with Crippen molar-refractivity contribution in [2.75, 3.05) is 5.32 Å². The first kappa shape index (κ1) is 14.0. The van der Waals surface area contributed by atoms with Gasteiger partial charge in [-0.1, -0.05) is 48.6 Å². The average molecular weight is 321 g/mol. The number of thiazole rings is 1. The number of rotatable bonds is 3. The molecule has 2 N–H and O–H groups in total. The lowest BCUT2D eigenvalue weighted by Crippen LogP contribution is -2.10. The number of amides is 1. The summed E-state index contributed by atoms with van der Waals surface area (Å²) in [4.78, 5) is 20.3. The highest BCUT2D eigenvalue weighted by Crippen LogP contribution is 2.29. The first-order valence-corrected chi connectivity index (χ1v) is 8.34. The van der Waals surface area contributed by atoms with E-state index >= 15 is 0 Å². The van der Waals surface area contributed by atoms with E-state index in [0.29, 0.717) is 10.7 Å². The minimum atomic E-state index is -0.139.